The van der Waals surface area contributed by atoms with Gasteiger partial charge in [0, 0.05) is 41.4 Å². The normalized spacial score (nSPS) is 22.6. The number of fused-ring (bicyclic) bond motifs is 1. The van der Waals surface area contributed by atoms with Gasteiger partial charge in [-0.25, -0.2) is 4.79 Å². The van der Waals surface area contributed by atoms with Gasteiger partial charge in [-0.1, -0.05) is 100 Å². The smallest absolute Gasteiger partial charge is 0.328 e. The predicted molar refractivity (Wildman–Crippen MR) is 273 cm³/mol. The number of carboxylic acid groups (broad SMARTS) is 1. The van der Waals surface area contributed by atoms with Gasteiger partial charge in [0.1, 0.15) is 36.3 Å². The molecule has 1 aliphatic heterocycles. The molecule has 2 heterocycles. The molecule has 23 heteroatoms. The molecule has 15 N–H and O–H groups in total. The van der Waals surface area contributed by atoms with E-state index in [1.807, 2.05) is 24.3 Å². The van der Waals surface area contributed by atoms with E-state index in [1.54, 1.807) is 66.9 Å². The fourth-order valence-electron chi connectivity index (χ4n) is 7.77. The number of aliphatic hydroxyl groups is 2. The van der Waals surface area contributed by atoms with E-state index in [-0.39, 0.29) is 43.7 Å². The summed E-state index contributed by atoms with van der Waals surface area (Å²) in [5, 5.41) is 49.7. The van der Waals surface area contributed by atoms with Crippen molar-refractivity contribution in [3.8, 4) is 0 Å². The lowest BCUT2D eigenvalue weighted by Gasteiger charge is -2.29. The third kappa shape index (κ3) is 16.8. The number of carbonyl (C=O) groups is 8. The van der Waals surface area contributed by atoms with Gasteiger partial charge in [0.25, 0.3) is 0 Å². The van der Waals surface area contributed by atoms with Crippen LogP contribution in [0.1, 0.15) is 49.8 Å². The van der Waals surface area contributed by atoms with E-state index in [2.05, 4.69) is 42.2 Å². The molecule has 388 valence electrons. The quantitative estimate of drug-likeness (QED) is 0.0459. The maximum atomic E-state index is 14.7. The number of hydrogen-bond acceptors (Lipinski definition) is 14. The zero-order valence-corrected chi connectivity index (χ0v) is 41.5. The summed E-state index contributed by atoms with van der Waals surface area (Å²) in [5.74, 6) is -8.24. The van der Waals surface area contributed by atoms with Crippen LogP contribution >= 0.6 is 21.6 Å². The van der Waals surface area contributed by atoms with E-state index in [9.17, 15) is 53.7 Å². The number of H-pyrrole nitrogens is 1. The van der Waals surface area contributed by atoms with Gasteiger partial charge in [-0.3, -0.25) is 33.6 Å². The molecule has 0 bridgehead atoms. The fraction of sp³-hybridized carbons (Fsp3) is 0.429. The number of aromatic amines is 1. The first kappa shape index (κ1) is 56.4. The number of hydrogen-bond donors (Lipinski definition) is 13. The summed E-state index contributed by atoms with van der Waals surface area (Å²) < 4.78 is 0. The first-order chi connectivity index (χ1) is 34.4. The number of para-hydroxylation sites is 1. The van der Waals surface area contributed by atoms with Crippen LogP contribution in [0.5, 0.6) is 0 Å². The Kier molecular flexibility index (Phi) is 21.9. The SMILES string of the molecule is CC(O)C(NC(=O)[C@@H]1CSSC[C@H](NC(=O)C(N)Cc2ccccc2)C(=O)N[C@@H](Cc2ccccc2)C(=O)N[C@H](Cc2c[nH]c3ccccc23)C(=O)N[C@@H](CCCCN)C(=O)N[C@@H](C(C)O)C(=O)N1)C(=O)O. The van der Waals surface area contributed by atoms with Crippen LogP contribution in [0.4, 0.5) is 0 Å². The molecule has 5 rings (SSSR count). The number of nitrogens with one attached hydrogen (secondary N) is 8. The van der Waals surface area contributed by atoms with Crippen LogP contribution in [0.25, 0.3) is 10.9 Å². The minimum Gasteiger partial charge on any atom is -0.480 e. The average molecular weight is 1030 g/mol. The van der Waals surface area contributed by atoms with E-state index in [0.717, 1.165) is 45.0 Å². The number of amides is 7. The van der Waals surface area contributed by atoms with E-state index in [1.165, 1.54) is 6.92 Å². The second-order valence-corrected chi connectivity index (χ2v) is 20.1. The lowest BCUT2D eigenvalue weighted by atomic mass is 10.0. The van der Waals surface area contributed by atoms with Crippen molar-refractivity contribution in [1.29, 1.82) is 0 Å². The maximum absolute atomic E-state index is 14.7. The third-order valence-electron chi connectivity index (χ3n) is 11.8. The molecule has 4 aromatic rings. The van der Waals surface area contributed by atoms with Gasteiger partial charge in [-0.05, 0) is 68.8 Å². The number of carbonyl (C=O) groups excluding carboxylic acids is 7. The summed E-state index contributed by atoms with van der Waals surface area (Å²) in [4.78, 5) is 115. The second kappa shape index (κ2) is 27.9. The molecule has 10 atom stereocenters. The molecule has 0 radical (unpaired) electrons. The molecule has 1 fully saturated rings. The molecule has 7 amide bonds. The lowest BCUT2D eigenvalue weighted by molar-refractivity contribution is -0.145. The highest BCUT2D eigenvalue weighted by Gasteiger charge is 2.37. The Bertz CT molecular complexity index is 2480. The van der Waals surface area contributed by atoms with Crippen LogP contribution in [0.3, 0.4) is 0 Å². The number of unbranched alkanes of at least 4 members (excludes halogenated alkanes) is 1. The number of carboxylic acids is 1. The highest BCUT2D eigenvalue weighted by molar-refractivity contribution is 8.76. The van der Waals surface area contributed by atoms with Crippen molar-refractivity contribution in [2.75, 3.05) is 18.1 Å². The fourth-order valence-corrected chi connectivity index (χ4v) is 10.1. The molecule has 4 unspecified atom stereocenters. The Balaban J connectivity index is 1.57. The van der Waals surface area contributed by atoms with Gasteiger partial charge in [0.2, 0.25) is 41.4 Å². The Labute approximate surface area is 424 Å². The van der Waals surface area contributed by atoms with E-state index >= 15 is 0 Å². The molecule has 1 aromatic heterocycles. The van der Waals surface area contributed by atoms with Crippen LogP contribution < -0.4 is 48.7 Å². The minimum absolute atomic E-state index is 0.000290. The average Bonchev–Trinajstić information content (AvgIpc) is 3.76. The van der Waals surface area contributed by atoms with Crippen molar-refractivity contribution in [3.05, 3.63) is 108 Å². The van der Waals surface area contributed by atoms with Crippen LogP contribution in [0.15, 0.2) is 91.1 Å². The van der Waals surface area contributed by atoms with E-state index in [0.29, 0.717) is 24.0 Å². The Hall–Kier alpha value is -6.50. The monoisotopic (exact) mass is 1030 g/mol. The summed E-state index contributed by atoms with van der Waals surface area (Å²) in [6, 6.07) is 13.3. The summed E-state index contributed by atoms with van der Waals surface area (Å²) in [6.45, 7) is 2.60. The summed E-state index contributed by atoms with van der Waals surface area (Å²) in [5.41, 5.74) is 14.9. The van der Waals surface area contributed by atoms with E-state index in [4.69, 9.17) is 11.5 Å². The molecule has 72 heavy (non-hydrogen) atoms. The van der Waals surface area contributed by atoms with Crippen LogP contribution in [-0.2, 0) is 57.6 Å². The summed E-state index contributed by atoms with van der Waals surface area (Å²) in [6.07, 6.45) is -0.764. The molecular formula is C49H64N10O11S2. The molecular weight excluding hydrogens is 969 g/mol. The molecule has 1 saturated heterocycles. The number of aliphatic carboxylic acids is 1. The van der Waals surface area contributed by atoms with Crippen molar-refractivity contribution in [1.82, 2.24) is 42.2 Å². The van der Waals surface area contributed by atoms with Crippen molar-refractivity contribution >= 4 is 79.8 Å². The number of benzene rings is 3. The van der Waals surface area contributed by atoms with Crippen LogP contribution in [-0.4, -0.2) is 146 Å². The van der Waals surface area contributed by atoms with Crippen LogP contribution in [0.2, 0.25) is 0 Å². The van der Waals surface area contributed by atoms with Crippen molar-refractivity contribution < 1.29 is 53.7 Å². The van der Waals surface area contributed by atoms with Gasteiger partial charge in [-0.2, -0.15) is 0 Å². The first-order valence-corrected chi connectivity index (χ1v) is 26.0. The summed E-state index contributed by atoms with van der Waals surface area (Å²) >= 11 is 0. The Morgan fingerprint density at radius 2 is 1.29 bits per heavy atom. The highest BCUT2D eigenvalue weighted by Crippen LogP contribution is 2.24. The topological polar surface area (TPSA) is 349 Å². The first-order valence-electron chi connectivity index (χ1n) is 23.5. The van der Waals surface area contributed by atoms with Crippen molar-refractivity contribution in [3.63, 3.8) is 0 Å². The molecule has 1 aliphatic rings. The number of nitrogens with two attached hydrogens (primary N) is 2. The third-order valence-corrected chi connectivity index (χ3v) is 14.2. The van der Waals surface area contributed by atoms with Gasteiger partial charge in [-0.15, -0.1) is 0 Å². The molecule has 3 aromatic carbocycles. The number of rotatable bonds is 17. The number of aliphatic hydroxyl groups excluding tert-OH is 2. The highest BCUT2D eigenvalue weighted by atomic mass is 33.1. The van der Waals surface area contributed by atoms with Crippen molar-refractivity contribution in [2.45, 2.75) is 113 Å². The molecule has 0 saturated carbocycles. The molecule has 21 nitrogen and oxygen atoms in total. The van der Waals surface area contributed by atoms with Crippen molar-refractivity contribution in [2.24, 2.45) is 11.5 Å². The van der Waals surface area contributed by atoms with Gasteiger partial charge in [0.05, 0.1) is 18.2 Å². The zero-order chi connectivity index (χ0) is 52.3. The van der Waals surface area contributed by atoms with Gasteiger partial charge in [0.15, 0.2) is 6.04 Å². The molecule has 0 spiro atoms. The second-order valence-electron chi connectivity index (χ2n) is 17.5. The van der Waals surface area contributed by atoms with E-state index < -0.39 is 108 Å². The van der Waals surface area contributed by atoms with Crippen LogP contribution in [0, 0.1) is 0 Å². The standard InChI is InChI=1S/C49H64N10O11S2/c1-27(60)40-48(68)57-39(47(67)59-41(28(2)61)49(69)70)26-72-71-25-38(56-42(62)33(51)21-29-13-5-3-6-14-29)46(66)54-36(22-30-15-7-4-8-16-30)44(64)55-37(23-31-24-52-34-18-10-9-17-32(31)34)45(65)53-35(43(63)58-40)19-11-12-20-50/h3-10,13-18,24,27-28,33,35-41,52,60-61H,11-12,19-23,25-26,50-51H2,1-2H3,(H,53,65)(H,54,66)(H,55,64)(H,56,62)(H,57,68)(H,58,63)(H,59,67)(H,69,70)/t27?,28?,33?,35-,36-,37+,38-,39-,40-,41?/m0/s1. The lowest BCUT2D eigenvalue weighted by Crippen LogP contribution is -2.62. The van der Waals surface area contributed by atoms with Gasteiger partial charge >= 0.3 is 5.97 Å². The Morgan fingerprint density at radius 3 is 1.93 bits per heavy atom. The maximum Gasteiger partial charge on any atom is 0.328 e. The largest absolute Gasteiger partial charge is 0.480 e. The van der Waals surface area contributed by atoms with Gasteiger partial charge < -0.3 is 69.0 Å². The molecule has 0 aliphatic carbocycles. The zero-order valence-electron chi connectivity index (χ0n) is 39.9. The number of aromatic nitrogens is 1. The Morgan fingerprint density at radius 1 is 0.708 bits per heavy atom. The summed E-state index contributed by atoms with van der Waals surface area (Å²) in [7, 11) is 1.91. The predicted octanol–water partition coefficient (Wildman–Crippen LogP) is -0.713. The minimum atomic E-state index is -1.80.